The fraction of sp³-hybridized carbons (Fsp3) is 0.250. The zero-order valence-electron chi connectivity index (χ0n) is 11.6. The Labute approximate surface area is 118 Å². The van der Waals surface area contributed by atoms with Crippen molar-refractivity contribution in [3.63, 3.8) is 0 Å². The Morgan fingerprint density at radius 3 is 2.40 bits per heavy atom. The van der Waals surface area contributed by atoms with Crippen LogP contribution in [0, 0.1) is 0 Å². The van der Waals surface area contributed by atoms with Crippen LogP contribution < -0.4 is 9.47 Å². The number of carbonyl (C=O) groups is 2. The predicted octanol–water partition coefficient (Wildman–Crippen LogP) is 3.21. The van der Waals surface area contributed by atoms with E-state index in [1.807, 2.05) is 0 Å². The molecule has 1 rings (SSSR count). The van der Waals surface area contributed by atoms with Crippen molar-refractivity contribution in [2.75, 3.05) is 0 Å². The van der Waals surface area contributed by atoms with Gasteiger partial charge in [0, 0.05) is 12.2 Å². The van der Waals surface area contributed by atoms with E-state index in [1.165, 1.54) is 0 Å². The van der Waals surface area contributed by atoms with Gasteiger partial charge in [0.25, 0.3) is 0 Å². The molecule has 20 heavy (non-hydrogen) atoms. The minimum absolute atomic E-state index is 0.402. The number of aryl methyl sites for hydroxylation is 1. The van der Waals surface area contributed by atoms with Crippen molar-refractivity contribution in [2.45, 2.75) is 26.2 Å². The zero-order chi connectivity index (χ0) is 15.0. The molecule has 0 heterocycles. The third kappa shape index (κ3) is 4.72. The SMILES string of the molecule is C=CC(=O)Oc1ccc(OC(=O)C=C)c(CCCC)c1. The van der Waals surface area contributed by atoms with Crippen LogP contribution in [0.15, 0.2) is 43.5 Å². The summed E-state index contributed by atoms with van der Waals surface area (Å²) < 4.78 is 10.2. The molecule has 0 fully saturated rings. The molecule has 0 saturated carbocycles. The highest BCUT2D eigenvalue weighted by atomic mass is 16.5. The standard InChI is InChI=1S/C16H18O4/c1-4-7-8-12-11-13(19-15(17)5-2)9-10-14(12)20-16(18)6-3/h5-6,9-11H,2-4,7-8H2,1H3. The molecular formula is C16H18O4. The van der Waals surface area contributed by atoms with Crippen molar-refractivity contribution in [2.24, 2.45) is 0 Å². The van der Waals surface area contributed by atoms with E-state index in [0.717, 1.165) is 37.0 Å². The minimum atomic E-state index is -0.526. The van der Waals surface area contributed by atoms with Crippen LogP contribution in [-0.2, 0) is 16.0 Å². The molecule has 0 aliphatic rings. The summed E-state index contributed by atoms with van der Waals surface area (Å²) in [7, 11) is 0. The lowest BCUT2D eigenvalue weighted by molar-refractivity contribution is -0.130. The molecule has 0 aliphatic heterocycles. The van der Waals surface area contributed by atoms with Gasteiger partial charge in [-0.05, 0) is 36.6 Å². The highest BCUT2D eigenvalue weighted by Crippen LogP contribution is 2.26. The fourth-order valence-corrected chi connectivity index (χ4v) is 1.59. The molecule has 106 valence electrons. The first kappa shape index (κ1) is 15.7. The van der Waals surface area contributed by atoms with Gasteiger partial charge in [-0.25, -0.2) is 9.59 Å². The van der Waals surface area contributed by atoms with E-state index < -0.39 is 11.9 Å². The van der Waals surface area contributed by atoms with Crippen molar-refractivity contribution in [3.05, 3.63) is 49.1 Å². The molecule has 4 heteroatoms. The van der Waals surface area contributed by atoms with Gasteiger partial charge in [-0.15, -0.1) is 0 Å². The number of hydrogen-bond acceptors (Lipinski definition) is 4. The second-order valence-electron chi connectivity index (χ2n) is 4.12. The molecule has 1 aromatic carbocycles. The van der Waals surface area contributed by atoms with Crippen molar-refractivity contribution in [1.82, 2.24) is 0 Å². The largest absolute Gasteiger partial charge is 0.423 e. The summed E-state index contributed by atoms with van der Waals surface area (Å²) in [4.78, 5) is 22.5. The Morgan fingerprint density at radius 2 is 1.80 bits per heavy atom. The number of carbonyl (C=O) groups excluding carboxylic acids is 2. The number of benzene rings is 1. The lowest BCUT2D eigenvalue weighted by Gasteiger charge is -2.10. The first-order chi connectivity index (χ1) is 9.60. The van der Waals surface area contributed by atoms with Crippen LogP contribution in [-0.4, -0.2) is 11.9 Å². The fourth-order valence-electron chi connectivity index (χ4n) is 1.59. The summed E-state index contributed by atoms with van der Waals surface area (Å²) >= 11 is 0. The molecule has 0 unspecified atom stereocenters. The average Bonchev–Trinajstić information content (AvgIpc) is 2.46. The highest BCUT2D eigenvalue weighted by molar-refractivity contribution is 5.84. The summed E-state index contributed by atoms with van der Waals surface area (Å²) in [6, 6.07) is 4.88. The van der Waals surface area contributed by atoms with Gasteiger partial charge in [-0.1, -0.05) is 26.5 Å². The van der Waals surface area contributed by atoms with Crippen LogP contribution in [0.4, 0.5) is 0 Å². The number of unbranched alkanes of at least 4 members (excludes halogenated alkanes) is 1. The topological polar surface area (TPSA) is 52.6 Å². The molecule has 0 bridgehead atoms. The monoisotopic (exact) mass is 274 g/mol. The minimum Gasteiger partial charge on any atom is -0.423 e. The Hall–Kier alpha value is -2.36. The van der Waals surface area contributed by atoms with Gasteiger partial charge in [-0.2, -0.15) is 0 Å². The molecule has 0 aliphatic carbocycles. The maximum Gasteiger partial charge on any atom is 0.335 e. The van der Waals surface area contributed by atoms with Gasteiger partial charge < -0.3 is 9.47 Å². The van der Waals surface area contributed by atoms with E-state index >= 15 is 0 Å². The lowest BCUT2D eigenvalue weighted by atomic mass is 10.1. The van der Waals surface area contributed by atoms with Crippen molar-refractivity contribution in [3.8, 4) is 11.5 Å². The molecule has 0 saturated heterocycles. The van der Waals surface area contributed by atoms with E-state index in [9.17, 15) is 9.59 Å². The Balaban J connectivity index is 2.98. The molecular weight excluding hydrogens is 256 g/mol. The smallest absolute Gasteiger partial charge is 0.335 e. The first-order valence-electron chi connectivity index (χ1n) is 6.42. The number of ether oxygens (including phenoxy) is 2. The van der Waals surface area contributed by atoms with E-state index in [4.69, 9.17) is 9.47 Å². The Morgan fingerprint density at radius 1 is 1.15 bits per heavy atom. The van der Waals surface area contributed by atoms with Gasteiger partial charge in [0.05, 0.1) is 0 Å². The van der Waals surface area contributed by atoms with Gasteiger partial charge >= 0.3 is 11.9 Å². The first-order valence-corrected chi connectivity index (χ1v) is 6.42. The maximum atomic E-state index is 11.3. The molecule has 0 radical (unpaired) electrons. The van der Waals surface area contributed by atoms with Crippen molar-refractivity contribution >= 4 is 11.9 Å². The van der Waals surface area contributed by atoms with E-state index in [0.29, 0.717) is 11.5 Å². The van der Waals surface area contributed by atoms with Crippen molar-refractivity contribution in [1.29, 1.82) is 0 Å². The number of hydrogen-bond donors (Lipinski definition) is 0. The van der Waals surface area contributed by atoms with Crippen molar-refractivity contribution < 1.29 is 19.1 Å². The third-order valence-corrected chi connectivity index (χ3v) is 2.59. The summed E-state index contributed by atoms with van der Waals surface area (Å²) in [5.41, 5.74) is 0.816. The second kappa shape index (κ2) is 7.94. The maximum absolute atomic E-state index is 11.3. The van der Waals surface area contributed by atoms with E-state index in [1.54, 1.807) is 18.2 Å². The number of rotatable bonds is 7. The lowest BCUT2D eigenvalue weighted by Crippen LogP contribution is -2.07. The highest BCUT2D eigenvalue weighted by Gasteiger charge is 2.10. The predicted molar refractivity (Wildman–Crippen MR) is 76.7 cm³/mol. The number of esters is 2. The zero-order valence-corrected chi connectivity index (χ0v) is 11.6. The average molecular weight is 274 g/mol. The molecule has 0 amide bonds. The second-order valence-corrected chi connectivity index (χ2v) is 4.12. The van der Waals surface area contributed by atoms with Crippen LogP contribution in [0.25, 0.3) is 0 Å². The summed E-state index contributed by atoms with van der Waals surface area (Å²) in [5.74, 6) is -0.179. The summed E-state index contributed by atoms with van der Waals surface area (Å²) in [5, 5.41) is 0. The van der Waals surface area contributed by atoms with E-state index in [2.05, 4.69) is 20.1 Å². The van der Waals surface area contributed by atoms with E-state index in [-0.39, 0.29) is 0 Å². The molecule has 4 nitrogen and oxygen atoms in total. The van der Waals surface area contributed by atoms with Gasteiger partial charge in [0.15, 0.2) is 0 Å². The molecule has 0 aromatic heterocycles. The quantitative estimate of drug-likeness (QED) is 0.435. The van der Waals surface area contributed by atoms with Gasteiger partial charge in [-0.3, -0.25) is 0 Å². The van der Waals surface area contributed by atoms with Gasteiger partial charge in [0.2, 0.25) is 0 Å². The molecule has 1 aromatic rings. The third-order valence-electron chi connectivity index (χ3n) is 2.59. The van der Waals surface area contributed by atoms with Crippen LogP contribution in [0.3, 0.4) is 0 Å². The normalized spacial score (nSPS) is 9.65. The molecule has 0 atom stereocenters. The summed E-state index contributed by atoms with van der Waals surface area (Å²) in [6.07, 6.45) is 4.88. The van der Waals surface area contributed by atoms with Crippen LogP contribution in [0.1, 0.15) is 25.3 Å². The summed E-state index contributed by atoms with van der Waals surface area (Å²) in [6.45, 7) is 8.77. The Bertz CT molecular complexity index is 517. The molecule has 0 spiro atoms. The Kier molecular flexibility index (Phi) is 6.23. The van der Waals surface area contributed by atoms with Gasteiger partial charge in [0.1, 0.15) is 11.5 Å². The van der Waals surface area contributed by atoms with Crippen LogP contribution >= 0.6 is 0 Å². The van der Waals surface area contributed by atoms with Crippen LogP contribution in [0.2, 0.25) is 0 Å². The molecule has 0 N–H and O–H groups in total. The van der Waals surface area contributed by atoms with Crippen LogP contribution in [0.5, 0.6) is 11.5 Å².